The Hall–Kier alpha value is -3.33. The molecule has 0 aliphatic heterocycles. The molecular formula is C17H20N6O3. The van der Waals surface area contributed by atoms with Crippen LogP contribution >= 0.6 is 0 Å². The molecular weight excluding hydrogens is 336 g/mol. The average molecular weight is 356 g/mol. The van der Waals surface area contributed by atoms with E-state index in [0.717, 1.165) is 16.6 Å². The van der Waals surface area contributed by atoms with Gasteiger partial charge in [0.1, 0.15) is 0 Å². The zero-order valence-electron chi connectivity index (χ0n) is 14.5. The fourth-order valence-electron chi connectivity index (χ4n) is 2.47. The van der Waals surface area contributed by atoms with Gasteiger partial charge in [-0.25, -0.2) is 14.3 Å². The van der Waals surface area contributed by atoms with E-state index in [2.05, 4.69) is 20.7 Å². The van der Waals surface area contributed by atoms with Crippen LogP contribution < -0.4 is 25.8 Å². The molecule has 0 fully saturated rings. The Balaban J connectivity index is 1.86. The number of nitrogens with two attached hydrogens (primary N) is 1. The maximum absolute atomic E-state index is 11.7. The predicted octanol–water partition coefficient (Wildman–Crippen LogP) is 1.49. The van der Waals surface area contributed by atoms with Crippen molar-refractivity contribution in [1.29, 1.82) is 0 Å². The zero-order chi connectivity index (χ0) is 18.5. The smallest absolute Gasteiger partial charge is 0.320 e. The second-order valence-corrected chi connectivity index (χ2v) is 5.42. The summed E-state index contributed by atoms with van der Waals surface area (Å²) in [5.41, 5.74) is 8.00. The van der Waals surface area contributed by atoms with E-state index in [1.165, 1.54) is 0 Å². The van der Waals surface area contributed by atoms with Crippen molar-refractivity contribution in [2.45, 2.75) is 0 Å². The molecule has 3 aromatic rings. The molecule has 0 aliphatic carbocycles. The molecule has 0 saturated heterocycles. The van der Waals surface area contributed by atoms with Crippen LogP contribution in [0.25, 0.3) is 16.6 Å². The van der Waals surface area contributed by atoms with Crippen molar-refractivity contribution >= 4 is 17.4 Å². The van der Waals surface area contributed by atoms with Gasteiger partial charge in [0.15, 0.2) is 11.6 Å². The third-order valence-electron chi connectivity index (χ3n) is 3.70. The lowest BCUT2D eigenvalue weighted by molar-refractivity contribution is 0.252. The number of ether oxygens (including phenoxy) is 2. The summed E-state index contributed by atoms with van der Waals surface area (Å²) in [7, 11) is 3.11. The zero-order valence-corrected chi connectivity index (χ0v) is 14.5. The molecule has 0 aromatic carbocycles. The summed E-state index contributed by atoms with van der Waals surface area (Å²) >= 11 is 0. The van der Waals surface area contributed by atoms with Crippen LogP contribution in [0.15, 0.2) is 36.7 Å². The van der Waals surface area contributed by atoms with Crippen molar-refractivity contribution in [1.82, 2.24) is 19.9 Å². The van der Waals surface area contributed by atoms with E-state index >= 15 is 0 Å². The Labute approximate surface area is 150 Å². The van der Waals surface area contributed by atoms with E-state index in [4.69, 9.17) is 15.2 Å². The van der Waals surface area contributed by atoms with Crippen molar-refractivity contribution in [2.75, 3.05) is 32.6 Å². The summed E-state index contributed by atoms with van der Waals surface area (Å²) in [5, 5.41) is 9.61. The van der Waals surface area contributed by atoms with Gasteiger partial charge in [-0.15, -0.1) is 5.10 Å². The van der Waals surface area contributed by atoms with Gasteiger partial charge in [0.05, 0.1) is 19.7 Å². The largest absolute Gasteiger partial charge is 0.491 e. The normalized spacial score (nSPS) is 10.6. The molecule has 136 valence electrons. The van der Waals surface area contributed by atoms with Gasteiger partial charge >= 0.3 is 6.03 Å². The molecule has 4 N–H and O–H groups in total. The van der Waals surface area contributed by atoms with E-state index in [1.807, 2.05) is 24.4 Å². The average Bonchev–Trinajstić information content (AvgIpc) is 3.06. The highest BCUT2D eigenvalue weighted by Gasteiger charge is 2.10. The standard InChI is InChI=1S/C17H20N6O3/c1-25-14-8-12(10-20-16(14)26-2)11-3-6-23-13(7-11)9-15(22-23)21-17(24)19-5-4-18/h3,6-10H,4-5,18H2,1-2H3,(H2,19,21,22,24). The second-order valence-electron chi connectivity index (χ2n) is 5.42. The Kier molecular flexibility index (Phi) is 5.18. The number of amides is 2. The van der Waals surface area contributed by atoms with Crippen LogP contribution in [-0.2, 0) is 0 Å². The highest BCUT2D eigenvalue weighted by molar-refractivity contribution is 5.89. The van der Waals surface area contributed by atoms with Crippen molar-refractivity contribution in [3.63, 3.8) is 0 Å². The minimum absolute atomic E-state index is 0.344. The molecule has 3 aromatic heterocycles. The molecule has 0 saturated carbocycles. The van der Waals surface area contributed by atoms with Crippen LogP contribution in [0.1, 0.15) is 0 Å². The summed E-state index contributed by atoms with van der Waals surface area (Å²) < 4.78 is 12.1. The molecule has 0 atom stereocenters. The summed E-state index contributed by atoms with van der Waals surface area (Å²) in [6.07, 6.45) is 3.52. The molecule has 2 amide bonds. The fraction of sp³-hybridized carbons (Fsp3) is 0.235. The number of carbonyl (C=O) groups excluding carboxylic acids is 1. The third-order valence-corrected chi connectivity index (χ3v) is 3.70. The Morgan fingerprint density at radius 2 is 2.08 bits per heavy atom. The summed E-state index contributed by atoms with van der Waals surface area (Å²) in [5.74, 6) is 1.43. The van der Waals surface area contributed by atoms with E-state index in [-0.39, 0.29) is 6.03 Å². The first kappa shape index (κ1) is 17.5. The predicted molar refractivity (Wildman–Crippen MR) is 97.6 cm³/mol. The van der Waals surface area contributed by atoms with Crippen LogP contribution in [0.4, 0.5) is 10.6 Å². The lowest BCUT2D eigenvalue weighted by Gasteiger charge is -2.08. The first-order valence-corrected chi connectivity index (χ1v) is 7.97. The maximum atomic E-state index is 11.7. The molecule has 26 heavy (non-hydrogen) atoms. The molecule has 0 aliphatic rings. The number of methoxy groups -OCH3 is 2. The number of anilines is 1. The number of nitrogens with zero attached hydrogens (tertiary/aromatic N) is 3. The molecule has 3 heterocycles. The quantitative estimate of drug-likeness (QED) is 0.616. The molecule has 0 bridgehead atoms. The highest BCUT2D eigenvalue weighted by Crippen LogP contribution is 2.30. The Bertz CT molecular complexity index is 924. The fourth-order valence-corrected chi connectivity index (χ4v) is 2.47. The van der Waals surface area contributed by atoms with Crippen molar-refractivity contribution in [2.24, 2.45) is 5.73 Å². The molecule has 0 unspecified atom stereocenters. The summed E-state index contributed by atoms with van der Waals surface area (Å²) in [6.45, 7) is 0.775. The van der Waals surface area contributed by atoms with E-state index < -0.39 is 0 Å². The minimum Gasteiger partial charge on any atom is -0.491 e. The van der Waals surface area contributed by atoms with E-state index in [9.17, 15) is 4.79 Å². The van der Waals surface area contributed by atoms with Gasteiger partial charge in [-0.1, -0.05) is 0 Å². The number of urea groups is 1. The van der Waals surface area contributed by atoms with Gasteiger partial charge in [-0.2, -0.15) is 0 Å². The van der Waals surface area contributed by atoms with Crippen molar-refractivity contribution < 1.29 is 14.3 Å². The number of nitrogens with one attached hydrogen (secondary N) is 2. The second kappa shape index (κ2) is 7.70. The van der Waals surface area contributed by atoms with Gasteiger partial charge in [0.25, 0.3) is 5.88 Å². The minimum atomic E-state index is -0.344. The monoisotopic (exact) mass is 356 g/mol. The van der Waals surface area contributed by atoms with E-state index in [0.29, 0.717) is 30.5 Å². The van der Waals surface area contributed by atoms with Gasteiger partial charge < -0.3 is 20.5 Å². The maximum Gasteiger partial charge on any atom is 0.320 e. The lowest BCUT2D eigenvalue weighted by atomic mass is 10.1. The third kappa shape index (κ3) is 3.67. The lowest BCUT2D eigenvalue weighted by Crippen LogP contribution is -2.32. The van der Waals surface area contributed by atoms with Gasteiger partial charge in [0, 0.05) is 37.1 Å². The van der Waals surface area contributed by atoms with Crippen LogP contribution in [-0.4, -0.2) is 47.9 Å². The topological polar surface area (TPSA) is 116 Å². The number of carbonyl (C=O) groups is 1. The summed E-state index contributed by atoms with van der Waals surface area (Å²) in [4.78, 5) is 16.0. The molecule has 9 heteroatoms. The number of hydrogen-bond donors (Lipinski definition) is 3. The molecule has 0 spiro atoms. The van der Waals surface area contributed by atoms with Crippen molar-refractivity contribution in [3.05, 3.63) is 36.7 Å². The van der Waals surface area contributed by atoms with Crippen LogP contribution in [0, 0.1) is 0 Å². The number of rotatable bonds is 6. The SMILES string of the molecule is COc1cc(-c2ccn3nc(NC(=O)NCCN)cc3c2)cnc1OC. The Morgan fingerprint density at radius 1 is 1.23 bits per heavy atom. The van der Waals surface area contributed by atoms with Crippen molar-refractivity contribution in [3.8, 4) is 22.8 Å². The number of pyridine rings is 2. The van der Waals surface area contributed by atoms with Crippen LogP contribution in [0.5, 0.6) is 11.6 Å². The van der Waals surface area contributed by atoms with Gasteiger partial charge in [0.2, 0.25) is 0 Å². The number of fused-ring (bicyclic) bond motifs is 1. The molecule has 3 rings (SSSR count). The molecule has 0 radical (unpaired) electrons. The highest BCUT2D eigenvalue weighted by atomic mass is 16.5. The van der Waals surface area contributed by atoms with Gasteiger partial charge in [-0.05, 0) is 23.8 Å². The Morgan fingerprint density at radius 3 is 2.81 bits per heavy atom. The van der Waals surface area contributed by atoms with E-state index in [1.54, 1.807) is 31.0 Å². The summed E-state index contributed by atoms with van der Waals surface area (Å²) in [6, 6.07) is 7.14. The van der Waals surface area contributed by atoms with Crippen LogP contribution in [0.3, 0.4) is 0 Å². The first-order chi connectivity index (χ1) is 12.6. The number of aromatic nitrogens is 3. The first-order valence-electron chi connectivity index (χ1n) is 7.97. The van der Waals surface area contributed by atoms with Crippen LogP contribution in [0.2, 0.25) is 0 Å². The molecule has 9 nitrogen and oxygen atoms in total. The van der Waals surface area contributed by atoms with Gasteiger partial charge in [-0.3, -0.25) is 5.32 Å². The number of hydrogen-bond acceptors (Lipinski definition) is 6.